The van der Waals surface area contributed by atoms with E-state index < -0.39 is 0 Å². The van der Waals surface area contributed by atoms with Crippen LogP contribution in [0.3, 0.4) is 0 Å². The summed E-state index contributed by atoms with van der Waals surface area (Å²) in [7, 11) is 0. The van der Waals surface area contributed by atoms with E-state index in [0.29, 0.717) is 0 Å². The molecule has 0 amide bonds. The first-order valence-electron chi connectivity index (χ1n) is 13.7. The molecule has 10 heterocycles. The Morgan fingerprint density at radius 2 is 0.595 bits per heavy atom. The van der Waals surface area contributed by atoms with Gasteiger partial charge in [0.05, 0.1) is 0 Å². The van der Waals surface area contributed by atoms with Gasteiger partial charge in [0, 0.05) is 48.9 Å². The first kappa shape index (κ1) is 24.8. The topological polar surface area (TPSA) is 48.1 Å². The largest absolute Gasteiger partial charge is 0.385 e. The minimum Gasteiger partial charge on any atom is -0.385 e. The van der Waals surface area contributed by atoms with Crippen LogP contribution in [-0.2, 0) is 6.42 Å². The molecule has 0 atom stereocenters. The summed E-state index contributed by atoms with van der Waals surface area (Å²) >= 11 is 0. The van der Waals surface area contributed by atoms with E-state index >= 15 is 0 Å². The second-order valence-corrected chi connectivity index (χ2v) is 9.85. The highest BCUT2D eigenvalue weighted by Gasteiger charge is 2.02. The summed E-state index contributed by atoms with van der Waals surface area (Å²) in [6.07, 6.45) is 5.49. The van der Waals surface area contributed by atoms with Crippen LogP contribution in [0, 0.1) is 0 Å². The zero-order valence-corrected chi connectivity index (χ0v) is 21.6. The molecule has 10 aliphatic heterocycles. The quantitative estimate of drug-likeness (QED) is 0.203. The fourth-order valence-electron chi connectivity index (χ4n) is 4.71. The van der Waals surface area contributed by atoms with Gasteiger partial charge in [0.25, 0.3) is 0 Å². The number of rotatable bonds is 0. The van der Waals surface area contributed by atoms with Gasteiger partial charge in [0.1, 0.15) is 0 Å². The second kappa shape index (κ2) is 12.9. The Labute approximate surface area is 221 Å². The number of anilines is 4. The summed E-state index contributed by atoms with van der Waals surface area (Å²) in [6, 6.07) is 35.3. The van der Waals surface area contributed by atoms with Crippen LogP contribution in [-0.4, -0.2) is 26.2 Å². The summed E-state index contributed by atoms with van der Waals surface area (Å²) < 4.78 is 0. The Morgan fingerprint density at radius 1 is 0.324 bits per heavy atom. The maximum atomic E-state index is 3.56. The summed E-state index contributed by atoms with van der Waals surface area (Å²) in [5.41, 5.74) is 9.92. The van der Waals surface area contributed by atoms with Gasteiger partial charge in [0.2, 0.25) is 0 Å². The van der Waals surface area contributed by atoms with Crippen molar-refractivity contribution in [3.63, 3.8) is 0 Å². The third kappa shape index (κ3) is 7.53. The predicted molar refractivity (Wildman–Crippen MR) is 160 cm³/mol. The molecule has 14 rings (SSSR count). The van der Waals surface area contributed by atoms with E-state index in [1.165, 1.54) is 45.0 Å². The maximum Gasteiger partial charge on any atom is 0.0340 e. The molecule has 0 radical (unpaired) electrons. The van der Waals surface area contributed by atoms with E-state index in [1.807, 2.05) is 0 Å². The highest BCUT2D eigenvalue weighted by atomic mass is 14.9. The molecule has 0 aromatic heterocycles. The molecule has 4 N–H and O–H groups in total. The number of hydrogen-bond acceptors (Lipinski definition) is 4. The molecule has 8 bridgehead atoms. The SMILES string of the molecule is c1cc2ccc1Cc1ccc(cc1)NCCCCNc1ccc(cc1)-c1ccc(cc1)NCCCCN2. The van der Waals surface area contributed by atoms with Crippen LogP contribution in [0.25, 0.3) is 11.1 Å². The van der Waals surface area contributed by atoms with E-state index in [9.17, 15) is 0 Å². The number of benzene rings is 4. The zero-order valence-electron chi connectivity index (χ0n) is 21.6. The summed E-state index contributed by atoms with van der Waals surface area (Å²) in [6.45, 7) is 3.93. The van der Waals surface area contributed by atoms with Crippen molar-refractivity contribution in [1.29, 1.82) is 0 Å². The molecule has 0 saturated heterocycles. The van der Waals surface area contributed by atoms with Gasteiger partial charge in [0.15, 0.2) is 0 Å². The Hall–Kier alpha value is -3.92. The van der Waals surface area contributed by atoms with Gasteiger partial charge >= 0.3 is 0 Å². The highest BCUT2D eigenvalue weighted by molar-refractivity contribution is 5.68. The predicted octanol–water partition coefficient (Wildman–Crippen LogP) is 7.87. The fraction of sp³-hybridized carbons (Fsp3) is 0.273. The van der Waals surface area contributed by atoms with Crippen molar-refractivity contribution in [3.8, 4) is 11.1 Å². The van der Waals surface area contributed by atoms with Gasteiger partial charge in [-0.3, -0.25) is 0 Å². The summed E-state index contributed by atoms with van der Waals surface area (Å²) in [5.74, 6) is 0. The molecular formula is C33H38N4. The maximum absolute atomic E-state index is 3.56. The van der Waals surface area contributed by atoms with E-state index in [-0.39, 0.29) is 0 Å². The lowest BCUT2D eigenvalue weighted by Crippen LogP contribution is -2.06. The molecule has 4 heteroatoms. The molecule has 0 saturated carbocycles. The van der Waals surface area contributed by atoms with Crippen molar-refractivity contribution in [3.05, 3.63) is 108 Å². The molecule has 0 spiro atoms. The third-order valence-corrected chi connectivity index (χ3v) is 6.94. The standard InChI is InChI=1S/C33H38N4/c1-3-23-36-32-17-9-28(10-18-32)29-11-19-33(20-12-29)37-24-4-2-22-35-31-15-7-27(8-16-31)25-26-5-13-30(14-6-26)34-21-1/h5-20,34-37H,1-4,21-25H2. The molecule has 10 aliphatic rings. The second-order valence-electron chi connectivity index (χ2n) is 9.85. The Bertz CT molecular complexity index is 1110. The van der Waals surface area contributed by atoms with E-state index in [4.69, 9.17) is 0 Å². The normalized spacial score (nSPS) is 14.9. The summed E-state index contributed by atoms with van der Waals surface area (Å²) in [5, 5.41) is 14.2. The van der Waals surface area contributed by atoms with Crippen LogP contribution in [0.4, 0.5) is 22.7 Å². The molecular weight excluding hydrogens is 452 g/mol. The molecule has 0 unspecified atom stereocenters. The Morgan fingerprint density at radius 3 is 0.892 bits per heavy atom. The van der Waals surface area contributed by atoms with Crippen molar-refractivity contribution in [2.24, 2.45) is 0 Å². The first-order chi connectivity index (χ1) is 18.3. The lowest BCUT2D eigenvalue weighted by Gasteiger charge is -2.10. The van der Waals surface area contributed by atoms with Crippen molar-refractivity contribution in [1.82, 2.24) is 0 Å². The van der Waals surface area contributed by atoms with E-state index in [2.05, 4.69) is 118 Å². The smallest absolute Gasteiger partial charge is 0.0340 e. The molecule has 0 fully saturated rings. The van der Waals surface area contributed by atoms with Gasteiger partial charge in [-0.15, -0.1) is 0 Å². The van der Waals surface area contributed by atoms with E-state index in [0.717, 1.165) is 58.3 Å². The van der Waals surface area contributed by atoms with Crippen LogP contribution in [0.1, 0.15) is 36.8 Å². The number of nitrogens with one attached hydrogen (secondary N) is 4. The van der Waals surface area contributed by atoms with Crippen LogP contribution in [0.2, 0.25) is 0 Å². The van der Waals surface area contributed by atoms with E-state index in [1.54, 1.807) is 0 Å². The minimum atomic E-state index is 0.958. The monoisotopic (exact) mass is 490 g/mol. The van der Waals surface area contributed by atoms with Crippen LogP contribution in [0.5, 0.6) is 0 Å². The molecule has 190 valence electrons. The van der Waals surface area contributed by atoms with Crippen molar-refractivity contribution < 1.29 is 0 Å². The third-order valence-electron chi connectivity index (χ3n) is 6.94. The van der Waals surface area contributed by atoms with Gasteiger partial charge in [-0.25, -0.2) is 0 Å². The lowest BCUT2D eigenvalue weighted by atomic mass is 10.0. The van der Waals surface area contributed by atoms with Gasteiger partial charge < -0.3 is 21.3 Å². The van der Waals surface area contributed by atoms with Crippen LogP contribution in [0.15, 0.2) is 97.1 Å². The molecule has 4 aromatic carbocycles. The fourth-order valence-corrected chi connectivity index (χ4v) is 4.71. The van der Waals surface area contributed by atoms with Gasteiger partial charge in [-0.05, 0) is 103 Å². The zero-order chi connectivity index (χ0) is 25.1. The molecule has 4 nitrogen and oxygen atoms in total. The molecule has 4 aromatic rings. The first-order valence-corrected chi connectivity index (χ1v) is 13.7. The summed E-state index contributed by atoms with van der Waals surface area (Å²) in [4.78, 5) is 0. The molecule has 37 heavy (non-hydrogen) atoms. The van der Waals surface area contributed by atoms with Crippen molar-refractivity contribution in [2.75, 3.05) is 47.4 Å². The Balaban J connectivity index is 1.21. The van der Waals surface area contributed by atoms with Crippen molar-refractivity contribution >= 4 is 22.7 Å². The minimum absolute atomic E-state index is 0.958. The van der Waals surface area contributed by atoms with Crippen LogP contribution < -0.4 is 21.3 Å². The Kier molecular flexibility index (Phi) is 8.61. The van der Waals surface area contributed by atoms with Crippen molar-refractivity contribution in [2.45, 2.75) is 32.1 Å². The average Bonchev–Trinajstić information content (AvgIpc) is 2.94. The highest BCUT2D eigenvalue weighted by Crippen LogP contribution is 2.23. The number of hydrogen-bond donors (Lipinski definition) is 4. The molecule has 0 aliphatic carbocycles. The lowest BCUT2D eigenvalue weighted by molar-refractivity contribution is 0.796. The van der Waals surface area contributed by atoms with Crippen LogP contribution >= 0.6 is 0 Å². The van der Waals surface area contributed by atoms with Gasteiger partial charge in [-0.2, -0.15) is 0 Å². The average molecular weight is 491 g/mol. The van der Waals surface area contributed by atoms with Gasteiger partial charge in [-0.1, -0.05) is 48.5 Å².